The van der Waals surface area contributed by atoms with E-state index in [1.807, 2.05) is 0 Å². The third-order valence-electron chi connectivity index (χ3n) is 1.34. The van der Waals surface area contributed by atoms with Gasteiger partial charge in [-0.2, -0.15) is 8.78 Å². The Balaban J connectivity index is 2.74. The number of ether oxygens (including phenoxy) is 1. The number of hydrogen-bond acceptors (Lipinski definition) is 2. The maximum Gasteiger partial charge on any atom is 0.444 e. The first-order valence-corrected chi connectivity index (χ1v) is 3.99. The number of phenolic OH excluding ortho intramolecular Hbond substituents is 1. The van der Waals surface area contributed by atoms with Crippen molar-refractivity contribution in [3.63, 3.8) is 0 Å². The fourth-order valence-corrected chi connectivity index (χ4v) is 0.760. The first-order valence-electron chi connectivity index (χ1n) is 3.56. The van der Waals surface area contributed by atoms with Crippen molar-refractivity contribution in [2.75, 3.05) is 0 Å². The number of rotatable bonds is 3. The summed E-state index contributed by atoms with van der Waals surface area (Å²) in [5.41, 5.74) is -2.92. The molecule has 0 aliphatic rings. The lowest BCUT2D eigenvalue weighted by atomic mass is 10.3. The van der Waals surface area contributed by atoms with Crippen LogP contribution >= 0.6 is 11.6 Å². The van der Waals surface area contributed by atoms with Crippen molar-refractivity contribution >= 4 is 11.6 Å². The van der Waals surface area contributed by atoms with Gasteiger partial charge in [-0.15, -0.1) is 0 Å². The summed E-state index contributed by atoms with van der Waals surface area (Å²) in [5.74, 6) is -0.389. The molecular weight excluding hydrogens is 221 g/mol. The molecule has 6 heteroatoms. The van der Waals surface area contributed by atoms with Crippen molar-refractivity contribution in [3.8, 4) is 11.5 Å². The lowest BCUT2D eigenvalue weighted by molar-refractivity contribution is -0.199. The van der Waals surface area contributed by atoms with Crippen molar-refractivity contribution in [3.05, 3.63) is 24.3 Å². The Morgan fingerprint density at radius 2 is 1.79 bits per heavy atom. The number of hydrogen-bond donors (Lipinski definition) is 1. The second-order valence-electron chi connectivity index (χ2n) is 2.46. The molecule has 0 heterocycles. The SMILES string of the molecule is Oc1ccc(OC(F)(F)[C@@H](F)Cl)cc1. The Hall–Kier alpha value is -1.10. The summed E-state index contributed by atoms with van der Waals surface area (Å²) in [6.45, 7) is 0. The molecular formula is C8H6ClF3O2. The monoisotopic (exact) mass is 226 g/mol. The van der Waals surface area contributed by atoms with E-state index in [1.54, 1.807) is 0 Å². The highest BCUT2D eigenvalue weighted by molar-refractivity contribution is 6.20. The van der Waals surface area contributed by atoms with Crippen LogP contribution in [0.5, 0.6) is 11.5 Å². The summed E-state index contributed by atoms with van der Waals surface area (Å²) in [5, 5.41) is 8.82. The first kappa shape index (κ1) is 11.0. The number of alkyl halides is 4. The van der Waals surface area contributed by atoms with Gasteiger partial charge in [0.2, 0.25) is 0 Å². The number of aromatic hydroxyl groups is 1. The van der Waals surface area contributed by atoms with Gasteiger partial charge in [-0.3, -0.25) is 0 Å². The maximum atomic E-state index is 12.5. The van der Waals surface area contributed by atoms with Crippen molar-refractivity contribution in [2.45, 2.75) is 11.7 Å². The predicted octanol–water partition coefficient (Wildman–Crippen LogP) is 2.90. The van der Waals surface area contributed by atoms with Gasteiger partial charge in [-0.05, 0) is 24.3 Å². The second-order valence-corrected chi connectivity index (χ2v) is 2.84. The molecule has 0 saturated carbocycles. The predicted molar refractivity (Wildman–Crippen MR) is 44.4 cm³/mol. The fraction of sp³-hybridized carbons (Fsp3) is 0.250. The zero-order valence-corrected chi connectivity index (χ0v) is 7.51. The van der Waals surface area contributed by atoms with Gasteiger partial charge >= 0.3 is 6.11 Å². The Bertz CT molecular complexity index is 300. The highest BCUT2D eigenvalue weighted by atomic mass is 35.5. The maximum absolute atomic E-state index is 12.5. The van der Waals surface area contributed by atoms with Gasteiger partial charge in [0.25, 0.3) is 5.63 Å². The Kier molecular flexibility index (Phi) is 3.10. The van der Waals surface area contributed by atoms with Gasteiger partial charge in [0, 0.05) is 0 Å². The van der Waals surface area contributed by atoms with Gasteiger partial charge in [-0.1, -0.05) is 11.6 Å². The van der Waals surface area contributed by atoms with Crippen LogP contribution in [0.15, 0.2) is 24.3 Å². The number of halogens is 4. The van der Waals surface area contributed by atoms with E-state index in [-0.39, 0.29) is 11.5 Å². The van der Waals surface area contributed by atoms with E-state index in [1.165, 1.54) is 0 Å². The Labute approximate surface area is 82.9 Å². The van der Waals surface area contributed by atoms with Crippen LogP contribution in [0.4, 0.5) is 13.2 Å². The molecule has 0 fully saturated rings. The van der Waals surface area contributed by atoms with Gasteiger partial charge in [-0.25, -0.2) is 4.39 Å². The van der Waals surface area contributed by atoms with Crippen molar-refractivity contribution < 1.29 is 23.0 Å². The molecule has 0 amide bonds. The van der Waals surface area contributed by atoms with E-state index in [4.69, 9.17) is 5.11 Å². The van der Waals surface area contributed by atoms with Crippen molar-refractivity contribution in [1.29, 1.82) is 0 Å². The summed E-state index contributed by atoms with van der Waals surface area (Å²) < 4.78 is 41.1. The van der Waals surface area contributed by atoms with Crippen LogP contribution < -0.4 is 4.74 Å². The lowest BCUT2D eigenvalue weighted by Crippen LogP contribution is -2.32. The summed E-state index contributed by atoms with van der Waals surface area (Å²) in [6.07, 6.45) is -4.08. The number of phenols is 1. The van der Waals surface area contributed by atoms with Crippen molar-refractivity contribution in [1.82, 2.24) is 0 Å². The standard InChI is InChI=1S/C8H6ClF3O2/c9-7(10)8(11,12)14-6-3-1-5(13)2-4-6/h1-4,7,13H/t7-/m1/s1. The quantitative estimate of drug-likeness (QED) is 0.803. The van der Waals surface area contributed by atoms with Crippen LogP contribution in [0.2, 0.25) is 0 Å². The minimum Gasteiger partial charge on any atom is -0.508 e. The summed E-state index contributed by atoms with van der Waals surface area (Å²) in [4.78, 5) is 0. The second kappa shape index (κ2) is 3.96. The van der Waals surface area contributed by atoms with Crippen LogP contribution in [0.3, 0.4) is 0 Å². The molecule has 14 heavy (non-hydrogen) atoms. The lowest BCUT2D eigenvalue weighted by Gasteiger charge is -2.17. The zero-order valence-electron chi connectivity index (χ0n) is 6.75. The molecule has 1 rings (SSSR count). The van der Waals surface area contributed by atoms with E-state index in [9.17, 15) is 13.2 Å². The zero-order chi connectivity index (χ0) is 10.8. The van der Waals surface area contributed by atoms with Crippen molar-refractivity contribution in [2.24, 2.45) is 0 Å². The van der Waals surface area contributed by atoms with Crippen LogP contribution in [-0.4, -0.2) is 16.8 Å². The van der Waals surface area contributed by atoms with E-state index >= 15 is 0 Å². The van der Waals surface area contributed by atoms with Gasteiger partial charge in [0.05, 0.1) is 0 Å². The average Bonchev–Trinajstić information content (AvgIpc) is 2.08. The topological polar surface area (TPSA) is 29.5 Å². The molecule has 1 aromatic rings. The fourth-order valence-electron chi connectivity index (χ4n) is 0.716. The molecule has 0 spiro atoms. The Morgan fingerprint density at radius 3 is 2.21 bits per heavy atom. The van der Waals surface area contributed by atoms with Crippen LogP contribution in [0.1, 0.15) is 0 Å². The molecule has 0 saturated heterocycles. The van der Waals surface area contributed by atoms with Crippen LogP contribution in [0.25, 0.3) is 0 Å². The molecule has 0 radical (unpaired) electrons. The molecule has 0 aliphatic carbocycles. The largest absolute Gasteiger partial charge is 0.508 e. The van der Waals surface area contributed by atoms with Crippen LogP contribution in [-0.2, 0) is 0 Å². The molecule has 0 unspecified atom stereocenters. The van der Waals surface area contributed by atoms with E-state index in [0.29, 0.717) is 0 Å². The highest BCUT2D eigenvalue weighted by Crippen LogP contribution is 2.29. The first-order chi connectivity index (χ1) is 6.42. The minimum atomic E-state index is -4.08. The summed E-state index contributed by atoms with van der Waals surface area (Å²) in [6, 6.07) is 4.41. The van der Waals surface area contributed by atoms with E-state index in [0.717, 1.165) is 24.3 Å². The average molecular weight is 227 g/mol. The normalized spacial score (nSPS) is 13.7. The molecule has 1 atom stereocenters. The molecule has 78 valence electrons. The number of benzene rings is 1. The Morgan fingerprint density at radius 1 is 1.29 bits per heavy atom. The molecule has 0 aliphatic heterocycles. The third-order valence-corrected chi connectivity index (χ3v) is 1.60. The van der Waals surface area contributed by atoms with E-state index in [2.05, 4.69) is 16.3 Å². The van der Waals surface area contributed by atoms with Crippen LogP contribution in [0, 0.1) is 0 Å². The van der Waals surface area contributed by atoms with E-state index < -0.39 is 11.7 Å². The van der Waals surface area contributed by atoms with Gasteiger partial charge in [0.15, 0.2) is 0 Å². The minimum absolute atomic E-state index is 0.108. The van der Waals surface area contributed by atoms with Gasteiger partial charge < -0.3 is 9.84 Å². The molecule has 0 aromatic heterocycles. The summed E-state index contributed by atoms with van der Waals surface area (Å²) >= 11 is 4.56. The molecule has 1 aromatic carbocycles. The molecule has 2 nitrogen and oxygen atoms in total. The smallest absolute Gasteiger partial charge is 0.444 e. The molecule has 1 N–H and O–H groups in total. The molecule has 0 bridgehead atoms. The third kappa shape index (κ3) is 2.70. The highest BCUT2D eigenvalue weighted by Gasteiger charge is 2.42. The summed E-state index contributed by atoms with van der Waals surface area (Å²) in [7, 11) is 0. The van der Waals surface area contributed by atoms with Gasteiger partial charge in [0.1, 0.15) is 11.5 Å².